The van der Waals surface area contributed by atoms with Crippen LogP contribution in [0.15, 0.2) is 47.5 Å². The fraction of sp³-hybridized carbons (Fsp3) is 0.350. The summed E-state index contributed by atoms with van der Waals surface area (Å²) < 4.78 is 15.9. The first-order chi connectivity index (χ1) is 12.7. The molecule has 0 aromatic heterocycles. The molecule has 6 nitrogen and oxygen atoms in total. The van der Waals surface area contributed by atoms with E-state index in [4.69, 9.17) is 14.2 Å². The molecule has 2 aromatic carbocycles. The van der Waals surface area contributed by atoms with Crippen molar-refractivity contribution in [3.8, 4) is 17.2 Å². The Bertz CT molecular complexity index is 732. The van der Waals surface area contributed by atoms with E-state index >= 15 is 0 Å². The van der Waals surface area contributed by atoms with E-state index in [-0.39, 0.29) is 0 Å². The third-order valence-electron chi connectivity index (χ3n) is 3.81. The monoisotopic (exact) mass is 357 g/mol. The molecule has 0 saturated carbocycles. The summed E-state index contributed by atoms with van der Waals surface area (Å²) >= 11 is 0. The predicted octanol–water partition coefficient (Wildman–Crippen LogP) is 2.97. The second kappa shape index (κ2) is 10.2. The van der Waals surface area contributed by atoms with Crippen molar-refractivity contribution in [2.75, 3.05) is 27.9 Å². The van der Waals surface area contributed by atoms with E-state index in [0.717, 1.165) is 35.1 Å². The summed E-state index contributed by atoms with van der Waals surface area (Å²) in [4.78, 5) is 4.63. The lowest BCUT2D eigenvalue weighted by molar-refractivity contribution is 0.354. The number of aliphatic imine (C=N–C) groups is 1. The maximum Gasteiger partial charge on any atom is 0.191 e. The van der Waals surface area contributed by atoms with Gasteiger partial charge in [-0.25, -0.2) is 4.99 Å². The molecule has 2 aromatic rings. The van der Waals surface area contributed by atoms with Gasteiger partial charge in [0.15, 0.2) is 17.5 Å². The first kappa shape index (κ1) is 19.4. The van der Waals surface area contributed by atoms with Crippen molar-refractivity contribution in [2.24, 2.45) is 4.99 Å². The highest BCUT2D eigenvalue weighted by Gasteiger charge is 2.05. The van der Waals surface area contributed by atoms with Crippen LogP contribution in [0.5, 0.6) is 17.2 Å². The van der Waals surface area contributed by atoms with Crippen molar-refractivity contribution in [3.05, 3.63) is 53.6 Å². The minimum atomic E-state index is 0.568. The van der Waals surface area contributed by atoms with Crippen LogP contribution in [0, 0.1) is 0 Å². The topological polar surface area (TPSA) is 64.1 Å². The Morgan fingerprint density at radius 3 is 2.38 bits per heavy atom. The molecule has 2 rings (SSSR count). The van der Waals surface area contributed by atoms with E-state index in [9.17, 15) is 0 Å². The lowest BCUT2D eigenvalue weighted by Gasteiger charge is -2.13. The van der Waals surface area contributed by atoms with Crippen LogP contribution in [0.25, 0.3) is 0 Å². The summed E-state index contributed by atoms with van der Waals surface area (Å²) in [5, 5.41) is 6.59. The molecule has 2 N–H and O–H groups in total. The zero-order valence-electron chi connectivity index (χ0n) is 15.8. The minimum absolute atomic E-state index is 0.568. The Balaban J connectivity index is 2.03. The first-order valence-electron chi connectivity index (χ1n) is 8.56. The van der Waals surface area contributed by atoms with Crippen LogP contribution < -0.4 is 24.8 Å². The van der Waals surface area contributed by atoms with Gasteiger partial charge in [-0.1, -0.05) is 18.2 Å². The average Bonchev–Trinajstić information content (AvgIpc) is 2.69. The van der Waals surface area contributed by atoms with Gasteiger partial charge in [0.05, 0.1) is 27.9 Å². The van der Waals surface area contributed by atoms with E-state index in [2.05, 4.69) is 15.6 Å². The highest BCUT2D eigenvalue weighted by Crippen LogP contribution is 2.27. The molecule has 0 atom stereocenters. The number of guanidine groups is 1. The maximum atomic E-state index is 5.35. The molecular formula is C20H27N3O3. The number of methoxy groups -OCH3 is 3. The van der Waals surface area contributed by atoms with Gasteiger partial charge in [0.1, 0.15) is 5.75 Å². The van der Waals surface area contributed by atoms with Crippen molar-refractivity contribution < 1.29 is 14.2 Å². The van der Waals surface area contributed by atoms with Gasteiger partial charge >= 0.3 is 0 Å². The van der Waals surface area contributed by atoms with Gasteiger partial charge in [0.2, 0.25) is 0 Å². The number of nitrogens with zero attached hydrogens (tertiary/aromatic N) is 1. The van der Waals surface area contributed by atoms with Gasteiger partial charge in [-0.15, -0.1) is 0 Å². The molecule has 0 amide bonds. The Labute approximate surface area is 155 Å². The number of ether oxygens (including phenoxy) is 3. The molecule has 0 aliphatic rings. The molecule has 0 spiro atoms. The normalized spacial score (nSPS) is 11.0. The highest BCUT2D eigenvalue weighted by molar-refractivity contribution is 5.79. The molecule has 0 radical (unpaired) electrons. The SMILES string of the molecule is CCNC(=NCc1cccc(OC)c1)NCc1ccc(OC)c(OC)c1. The van der Waals surface area contributed by atoms with Gasteiger partial charge in [0, 0.05) is 13.1 Å². The van der Waals surface area contributed by atoms with E-state index in [1.807, 2.05) is 49.4 Å². The molecule has 0 bridgehead atoms. The average molecular weight is 357 g/mol. The molecule has 0 unspecified atom stereocenters. The fourth-order valence-corrected chi connectivity index (χ4v) is 2.46. The van der Waals surface area contributed by atoms with E-state index in [0.29, 0.717) is 18.8 Å². The standard InChI is InChI=1S/C20H27N3O3/c1-5-21-20(22-13-15-7-6-8-17(11-15)24-2)23-14-16-9-10-18(25-3)19(12-16)26-4/h6-12H,5,13-14H2,1-4H3,(H2,21,22,23). The molecule has 0 saturated heterocycles. The number of benzene rings is 2. The minimum Gasteiger partial charge on any atom is -0.497 e. The molecule has 140 valence electrons. The number of nitrogens with one attached hydrogen (secondary N) is 2. The van der Waals surface area contributed by atoms with E-state index in [1.165, 1.54) is 0 Å². The third-order valence-corrected chi connectivity index (χ3v) is 3.81. The molecule has 0 aliphatic carbocycles. The van der Waals surface area contributed by atoms with Crippen molar-refractivity contribution >= 4 is 5.96 Å². The molecule has 0 heterocycles. The molecular weight excluding hydrogens is 330 g/mol. The zero-order chi connectivity index (χ0) is 18.8. The lowest BCUT2D eigenvalue weighted by Crippen LogP contribution is -2.36. The van der Waals surface area contributed by atoms with Crippen molar-refractivity contribution in [2.45, 2.75) is 20.0 Å². The quantitative estimate of drug-likeness (QED) is 0.562. The summed E-state index contributed by atoms with van der Waals surface area (Å²) in [6.07, 6.45) is 0. The Morgan fingerprint density at radius 2 is 1.69 bits per heavy atom. The smallest absolute Gasteiger partial charge is 0.191 e. The number of rotatable bonds is 8. The molecule has 6 heteroatoms. The third kappa shape index (κ3) is 5.58. The molecule has 0 aliphatic heterocycles. The maximum absolute atomic E-state index is 5.35. The number of hydrogen-bond donors (Lipinski definition) is 2. The van der Waals surface area contributed by atoms with Crippen LogP contribution >= 0.6 is 0 Å². The zero-order valence-corrected chi connectivity index (χ0v) is 15.8. The molecule has 0 fully saturated rings. The Hall–Kier alpha value is -2.89. The lowest BCUT2D eigenvalue weighted by atomic mass is 10.2. The second-order valence-electron chi connectivity index (χ2n) is 5.59. The van der Waals surface area contributed by atoms with Crippen molar-refractivity contribution in [3.63, 3.8) is 0 Å². The fourth-order valence-electron chi connectivity index (χ4n) is 2.46. The summed E-state index contributed by atoms with van der Waals surface area (Å²) in [5.41, 5.74) is 2.17. The number of hydrogen-bond acceptors (Lipinski definition) is 4. The summed E-state index contributed by atoms with van der Waals surface area (Å²) in [6.45, 7) is 4.03. The van der Waals surface area contributed by atoms with Crippen LogP contribution in [0.4, 0.5) is 0 Å². The first-order valence-corrected chi connectivity index (χ1v) is 8.56. The van der Waals surface area contributed by atoms with Gasteiger partial charge in [-0.2, -0.15) is 0 Å². The summed E-state index contributed by atoms with van der Waals surface area (Å²) in [5.74, 6) is 3.02. The Morgan fingerprint density at radius 1 is 0.885 bits per heavy atom. The predicted molar refractivity (Wildman–Crippen MR) is 104 cm³/mol. The van der Waals surface area contributed by atoms with Crippen molar-refractivity contribution in [1.82, 2.24) is 10.6 Å². The van der Waals surface area contributed by atoms with Gasteiger partial charge in [0.25, 0.3) is 0 Å². The second-order valence-corrected chi connectivity index (χ2v) is 5.59. The van der Waals surface area contributed by atoms with E-state index in [1.54, 1.807) is 21.3 Å². The van der Waals surface area contributed by atoms with Crippen LogP contribution in [0.2, 0.25) is 0 Å². The van der Waals surface area contributed by atoms with Crippen LogP contribution in [-0.4, -0.2) is 33.8 Å². The van der Waals surface area contributed by atoms with Crippen LogP contribution in [0.3, 0.4) is 0 Å². The van der Waals surface area contributed by atoms with Crippen LogP contribution in [-0.2, 0) is 13.1 Å². The summed E-state index contributed by atoms with van der Waals surface area (Å²) in [6, 6.07) is 13.8. The van der Waals surface area contributed by atoms with Gasteiger partial charge in [-0.3, -0.25) is 0 Å². The van der Waals surface area contributed by atoms with Gasteiger partial charge < -0.3 is 24.8 Å². The Kier molecular flexibility index (Phi) is 7.61. The highest BCUT2D eigenvalue weighted by atomic mass is 16.5. The molecule has 26 heavy (non-hydrogen) atoms. The largest absolute Gasteiger partial charge is 0.497 e. The van der Waals surface area contributed by atoms with Crippen LogP contribution in [0.1, 0.15) is 18.1 Å². The van der Waals surface area contributed by atoms with Gasteiger partial charge in [-0.05, 0) is 42.3 Å². The summed E-state index contributed by atoms with van der Waals surface area (Å²) in [7, 11) is 4.93. The van der Waals surface area contributed by atoms with E-state index < -0.39 is 0 Å². The van der Waals surface area contributed by atoms with Crippen molar-refractivity contribution in [1.29, 1.82) is 0 Å².